The number of amides is 1. The molecule has 0 radical (unpaired) electrons. The van der Waals surface area contributed by atoms with Gasteiger partial charge in [-0.2, -0.15) is 0 Å². The third-order valence-corrected chi connectivity index (χ3v) is 4.38. The summed E-state index contributed by atoms with van der Waals surface area (Å²) in [4.78, 5) is 16.7. The summed E-state index contributed by atoms with van der Waals surface area (Å²) >= 11 is 0. The molecular weight excluding hydrogens is 262 g/mol. The van der Waals surface area contributed by atoms with Crippen molar-refractivity contribution in [3.63, 3.8) is 0 Å². The maximum atomic E-state index is 12.6. The normalized spacial score (nSPS) is 21.8. The summed E-state index contributed by atoms with van der Waals surface area (Å²) in [6.07, 6.45) is 10.4. The molecule has 2 rings (SSSR count). The van der Waals surface area contributed by atoms with Crippen LogP contribution in [0.25, 0.3) is 0 Å². The zero-order valence-electron chi connectivity index (χ0n) is 13.2. The van der Waals surface area contributed by atoms with Crippen LogP contribution in [0.5, 0.6) is 0 Å². The standard InChI is InChI=1S/C17H27N3O/c1-3-10-19-16-9-11-18-12-14(16)17(21)20-15-8-6-5-7-13(15)4-2/h9,11-13,15H,3-8,10H2,1-2H3,(H,18,19)(H,20,21). The van der Waals surface area contributed by atoms with Gasteiger partial charge in [0.05, 0.1) is 11.3 Å². The fourth-order valence-electron chi connectivity index (χ4n) is 3.12. The minimum absolute atomic E-state index is 0.00653. The number of carbonyl (C=O) groups is 1. The molecule has 0 aromatic carbocycles. The van der Waals surface area contributed by atoms with Gasteiger partial charge in [0.25, 0.3) is 5.91 Å². The summed E-state index contributed by atoms with van der Waals surface area (Å²) < 4.78 is 0. The largest absolute Gasteiger partial charge is 0.384 e. The summed E-state index contributed by atoms with van der Waals surface area (Å²) in [6.45, 7) is 5.20. The van der Waals surface area contributed by atoms with Crippen molar-refractivity contribution in [1.82, 2.24) is 10.3 Å². The molecule has 0 saturated heterocycles. The number of hydrogen-bond donors (Lipinski definition) is 2. The second-order valence-electron chi connectivity index (χ2n) is 5.88. The summed E-state index contributed by atoms with van der Waals surface area (Å²) in [5.41, 5.74) is 1.54. The van der Waals surface area contributed by atoms with E-state index in [-0.39, 0.29) is 5.91 Å². The lowest BCUT2D eigenvalue weighted by molar-refractivity contribution is 0.0905. The molecule has 116 valence electrons. The van der Waals surface area contributed by atoms with Gasteiger partial charge in [0.1, 0.15) is 0 Å². The van der Waals surface area contributed by atoms with Gasteiger partial charge in [-0.15, -0.1) is 0 Å². The number of rotatable bonds is 6. The van der Waals surface area contributed by atoms with Crippen LogP contribution < -0.4 is 10.6 Å². The molecule has 1 aromatic rings. The van der Waals surface area contributed by atoms with Crippen LogP contribution in [0.3, 0.4) is 0 Å². The number of nitrogens with one attached hydrogen (secondary N) is 2. The van der Waals surface area contributed by atoms with Crippen LogP contribution in [-0.2, 0) is 0 Å². The van der Waals surface area contributed by atoms with Gasteiger partial charge in [-0.05, 0) is 31.2 Å². The van der Waals surface area contributed by atoms with E-state index >= 15 is 0 Å². The van der Waals surface area contributed by atoms with Crippen molar-refractivity contribution >= 4 is 11.6 Å². The predicted octanol–water partition coefficient (Wildman–Crippen LogP) is 3.60. The Morgan fingerprint density at radius 1 is 1.33 bits per heavy atom. The predicted molar refractivity (Wildman–Crippen MR) is 86.5 cm³/mol. The number of aromatic nitrogens is 1. The lowest BCUT2D eigenvalue weighted by atomic mass is 9.83. The smallest absolute Gasteiger partial charge is 0.255 e. The third kappa shape index (κ3) is 4.19. The zero-order valence-corrected chi connectivity index (χ0v) is 13.2. The monoisotopic (exact) mass is 289 g/mol. The summed E-state index contributed by atoms with van der Waals surface area (Å²) in [7, 11) is 0. The molecule has 0 spiro atoms. The van der Waals surface area contributed by atoms with Crippen molar-refractivity contribution in [2.24, 2.45) is 5.92 Å². The Kier molecular flexibility index (Phi) is 6.03. The Morgan fingerprint density at radius 2 is 2.14 bits per heavy atom. The lowest BCUT2D eigenvalue weighted by Crippen LogP contribution is -2.42. The molecular formula is C17H27N3O. The highest BCUT2D eigenvalue weighted by Gasteiger charge is 2.26. The van der Waals surface area contributed by atoms with E-state index in [2.05, 4.69) is 29.5 Å². The second-order valence-corrected chi connectivity index (χ2v) is 5.88. The van der Waals surface area contributed by atoms with Gasteiger partial charge in [0, 0.05) is 25.0 Å². The van der Waals surface area contributed by atoms with E-state index in [1.54, 1.807) is 12.4 Å². The molecule has 4 heteroatoms. The molecule has 0 aliphatic heterocycles. The van der Waals surface area contributed by atoms with Crippen LogP contribution >= 0.6 is 0 Å². The molecule has 2 N–H and O–H groups in total. The minimum atomic E-state index is 0.00653. The SMILES string of the molecule is CCCNc1ccncc1C(=O)NC1CCCCC1CC. The second kappa shape index (κ2) is 8.01. The third-order valence-electron chi connectivity index (χ3n) is 4.38. The van der Waals surface area contributed by atoms with Crippen LogP contribution in [0.15, 0.2) is 18.5 Å². The molecule has 2 atom stereocenters. The van der Waals surface area contributed by atoms with Crippen molar-refractivity contribution < 1.29 is 4.79 Å². The van der Waals surface area contributed by atoms with E-state index in [0.29, 0.717) is 17.5 Å². The summed E-state index contributed by atoms with van der Waals surface area (Å²) in [5.74, 6) is 0.624. The molecule has 21 heavy (non-hydrogen) atoms. The Labute approximate surface area is 127 Å². The Morgan fingerprint density at radius 3 is 2.90 bits per heavy atom. The fourth-order valence-corrected chi connectivity index (χ4v) is 3.12. The van der Waals surface area contributed by atoms with E-state index in [0.717, 1.165) is 31.5 Å². The Bertz CT molecular complexity index is 461. The van der Waals surface area contributed by atoms with Crippen molar-refractivity contribution in [2.75, 3.05) is 11.9 Å². The van der Waals surface area contributed by atoms with Gasteiger partial charge >= 0.3 is 0 Å². The van der Waals surface area contributed by atoms with Gasteiger partial charge in [-0.25, -0.2) is 0 Å². The molecule has 4 nitrogen and oxygen atoms in total. The van der Waals surface area contributed by atoms with Crippen LogP contribution in [0.2, 0.25) is 0 Å². The Hall–Kier alpha value is -1.58. The summed E-state index contributed by atoms with van der Waals surface area (Å²) in [6, 6.07) is 2.19. The van der Waals surface area contributed by atoms with E-state index < -0.39 is 0 Å². The number of hydrogen-bond acceptors (Lipinski definition) is 3. The number of nitrogens with zero attached hydrogens (tertiary/aromatic N) is 1. The fraction of sp³-hybridized carbons (Fsp3) is 0.647. The quantitative estimate of drug-likeness (QED) is 0.841. The van der Waals surface area contributed by atoms with Crippen molar-refractivity contribution in [3.05, 3.63) is 24.0 Å². The van der Waals surface area contributed by atoms with Crippen molar-refractivity contribution in [2.45, 2.75) is 58.4 Å². The maximum absolute atomic E-state index is 12.6. The maximum Gasteiger partial charge on any atom is 0.255 e. The van der Waals surface area contributed by atoms with Crippen LogP contribution in [0.4, 0.5) is 5.69 Å². The van der Waals surface area contributed by atoms with Crippen molar-refractivity contribution in [3.8, 4) is 0 Å². The first-order valence-corrected chi connectivity index (χ1v) is 8.25. The topological polar surface area (TPSA) is 54.0 Å². The van der Waals surface area contributed by atoms with E-state index in [1.807, 2.05) is 6.07 Å². The average Bonchev–Trinajstić information content (AvgIpc) is 2.53. The first kappa shape index (κ1) is 15.8. The zero-order chi connectivity index (χ0) is 15.1. The van der Waals surface area contributed by atoms with E-state index in [9.17, 15) is 4.79 Å². The van der Waals surface area contributed by atoms with E-state index in [4.69, 9.17) is 0 Å². The first-order chi connectivity index (χ1) is 10.3. The molecule has 1 aliphatic carbocycles. The molecule has 1 aromatic heterocycles. The number of pyridine rings is 1. The minimum Gasteiger partial charge on any atom is -0.384 e. The molecule has 1 heterocycles. The van der Waals surface area contributed by atoms with Crippen LogP contribution in [0, 0.1) is 5.92 Å². The molecule has 1 amide bonds. The lowest BCUT2D eigenvalue weighted by Gasteiger charge is -2.31. The van der Waals surface area contributed by atoms with Gasteiger partial charge in [-0.3, -0.25) is 9.78 Å². The van der Waals surface area contributed by atoms with Gasteiger partial charge in [-0.1, -0.05) is 33.1 Å². The van der Waals surface area contributed by atoms with E-state index in [1.165, 1.54) is 19.3 Å². The molecule has 2 unspecified atom stereocenters. The van der Waals surface area contributed by atoms with Gasteiger partial charge in [0.15, 0.2) is 0 Å². The average molecular weight is 289 g/mol. The molecule has 1 aliphatic rings. The first-order valence-electron chi connectivity index (χ1n) is 8.25. The summed E-state index contributed by atoms with van der Waals surface area (Å²) in [5, 5.41) is 6.54. The van der Waals surface area contributed by atoms with Gasteiger partial charge in [0.2, 0.25) is 0 Å². The van der Waals surface area contributed by atoms with Crippen LogP contribution in [0.1, 0.15) is 62.7 Å². The van der Waals surface area contributed by atoms with Crippen molar-refractivity contribution in [1.29, 1.82) is 0 Å². The Balaban J connectivity index is 2.05. The highest BCUT2D eigenvalue weighted by atomic mass is 16.1. The molecule has 1 saturated carbocycles. The highest BCUT2D eigenvalue weighted by Crippen LogP contribution is 2.27. The highest BCUT2D eigenvalue weighted by molar-refractivity contribution is 5.99. The molecule has 1 fully saturated rings. The van der Waals surface area contributed by atoms with Crippen LogP contribution in [-0.4, -0.2) is 23.5 Å². The van der Waals surface area contributed by atoms with Gasteiger partial charge < -0.3 is 10.6 Å². The number of carbonyl (C=O) groups excluding carboxylic acids is 1. The number of anilines is 1. The molecule has 0 bridgehead atoms.